The van der Waals surface area contributed by atoms with Crippen LogP contribution in [0.3, 0.4) is 0 Å². The highest BCUT2D eigenvalue weighted by molar-refractivity contribution is 5.94. The molecule has 1 aliphatic rings. The van der Waals surface area contributed by atoms with E-state index in [0.29, 0.717) is 18.2 Å². The number of amides is 1. The number of nitrogens with one attached hydrogen (secondary N) is 1. The summed E-state index contributed by atoms with van der Waals surface area (Å²) in [5.41, 5.74) is 6.93. The third kappa shape index (κ3) is 4.48. The van der Waals surface area contributed by atoms with E-state index in [2.05, 4.69) is 17.2 Å². The Bertz CT molecular complexity index is 417. The molecule has 2 rings (SSSR count). The number of pyridine rings is 1. The van der Waals surface area contributed by atoms with Gasteiger partial charge in [-0.05, 0) is 43.7 Å². The second-order valence-corrected chi connectivity index (χ2v) is 5.17. The number of halogens is 1. The highest BCUT2D eigenvalue weighted by Crippen LogP contribution is 2.23. The van der Waals surface area contributed by atoms with Crippen LogP contribution in [0, 0.1) is 5.92 Å². The molecule has 1 aromatic heterocycles. The van der Waals surface area contributed by atoms with Crippen LogP contribution in [0.15, 0.2) is 18.3 Å². The van der Waals surface area contributed by atoms with E-state index >= 15 is 0 Å². The maximum Gasteiger partial charge on any atom is 0.251 e. The summed E-state index contributed by atoms with van der Waals surface area (Å²) >= 11 is 0. The van der Waals surface area contributed by atoms with Crippen molar-refractivity contribution in [3.63, 3.8) is 0 Å². The van der Waals surface area contributed by atoms with Crippen LogP contribution >= 0.6 is 12.4 Å². The smallest absolute Gasteiger partial charge is 0.251 e. The molecule has 0 aromatic carbocycles. The van der Waals surface area contributed by atoms with Crippen LogP contribution in [-0.2, 0) is 6.54 Å². The summed E-state index contributed by atoms with van der Waals surface area (Å²) in [5.74, 6) is 0.787. The van der Waals surface area contributed by atoms with Crippen molar-refractivity contribution in [3.05, 3.63) is 29.6 Å². The molecular weight excluding hydrogens is 262 g/mol. The van der Waals surface area contributed by atoms with Gasteiger partial charge in [0, 0.05) is 24.3 Å². The molecule has 4 nitrogen and oxygen atoms in total. The molecular formula is C14H22ClN3O. The Hall–Kier alpha value is -1.13. The predicted octanol–water partition coefficient (Wildman–Crippen LogP) is 2.27. The number of carbonyl (C=O) groups excluding carboxylic acids is 1. The zero-order valence-electron chi connectivity index (χ0n) is 11.3. The van der Waals surface area contributed by atoms with E-state index in [-0.39, 0.29) is 18.3 Å². The monoisotopic (exact) mass is 283 g/mol. The van der Waals surface area contributed by atoms with Gasteiger partial charge in [0.05, 0.1) is 5.69 Å². The normalized spacial score (nSPS) is 22.4. The first kappa shape index (κ1) is 15.9. The Morgan fingerprint density at radius 3 is 2.74 bits per heavy atom. The molecule has 3 N–H and O–H groups in total. The van der Waals surface area contributed by atoms with Crippen LogP contribution in [0.5, 0.6) is 0 Å². The van der Waals surface area contributed by atoms with E-state index in [1.807, 2.05) is 0 Å². The van der Waals surface area contributed by atoms with Crippen LogP contribution in [0.4, 0.5) is 0 Å². The van der Waals surface area contributed by atoms with Crippen LogP contribution in [0.2, 0.25) is 0 Å². The zero-order chi connectivity index (χ0) is 13.0. The van der Waals surface area contributed by atoms with Gasteiger partial charge in [0.15, 0.2) is 0 Å². The van der Waals surface area contributed by atoms with Crippen molar-refractivity contribution in [1.29, 1.82) is 0 Å². The molecule has 0 atom stereocenters. The van der Waals surface area contributed by atoms with Gasteiger partial charge in [0.25, 0.3) is 5.91 Å². The van der Waals surface area contributed by atoms with E-state index in [9.17, 15) is 4.79 Å². The molecule has 5 heteroatoms. The van der Waals surface area contributed by atoms with Gasteiger partial charge in [0.2, 0.25) is 0 Å². The first-order chi connectivity index (χ1) is 8.69. The van der Waals surface area contributed by atoms with Crippen LogP contribution < -0.4 is 11.1 Å². The number of hydrogen-bond donors (Lipinski definition) is 2. The topological polar surface area (TPSA) is 68.0 Å². The third-order valence-electron chi connectivity index (χ3n) is 3.64. The minimum Gasteiger partial charge on any atom is -0.349 e. The lowest BCUT2D eigenvalue weighted by atomic mass is 9.87. The second kappa shape index (κ2) is 7.46. The van der Waals surface area contributed by atoms with Crippen molar-refractivity contribution < 1.29 is 4.79 Å². The van der Waals surface area contributed by atoms with Gasteiger partial charge in [-0.25, -0.2) is 0 Å². The van der Waals surface area contributed by atoms with Crippen molar-refractivity contribution in [2.45, 2.75) is 45.2 Å². The highest BCUT2D eigenvalue weighted by Gasteiger charge is 2.20. The molecule has 0 unspecified atom stereocenters. The average Bonchev–Trinajstić information content (AvgIpc) is 2.41. The first-order valence-electron chi connectivity index (χ1n) is 6.65. The molecule has 0 saturated heterocycles. The third-order valence-corrected chi connectivity index (χ3v) is 3.64. The molecule has 1 amide bonds. The van der Waals surface area contributed by atoms with Crippen molar-refractivity contribution in [1.82, 2.24) is 10.3 Å². The summed E-state index contributed by atoms with van der Waals surface area (Å²) in [6, 6.07) is 3.82. The first-order valence-corrected chi connectivity index (χ1v) is 6.65. The number of rotatable bonds is 3. The highest BCUT2D eigenvalue weighted by atomic mass is 35.5. The molecule has 1 aromatic rings. The molecule has 0 bridgehead atoms. The van der Waals surface area contributed by atoms with Crippen LogP contribution in [0.1, 0.15) is 48.7 Å². The summed E-state index contributed by atoms with van der Waals surface area (Å²) in [6.45, 7) is 2.64. The van der Waals surface area contributed by atoms with Crippen molar-refractivity contribution in [3.8, 4) is 0 Å². The molecule has 0 aliphatic heterocycles. The predicted molar refractivity (Wildman–Crippen MR) is 78.3 cm³/mol. The summed E-state index contributed by atoms with van der Waals surface area (Å²) in [5, 5.41) is 3.10. The summed E-state index contributed by atoms with van der Waals surface area (Å²) in [7, 11) is 0. The Morgan fingerprint density at radius 1 is 1.42 bits per heavy atom. The van der Waals surface area contributed by atoms with Gasteiger partial charge in [0.1, 0.15) is 0 Å². The Morgan fingerprint density at radius 2 is 2.11 bits per heavy atom. The average molecular weight is 284 g/mol. The summed E-state index contributed by atoms with van der Waals surface area (Å²) in [6.07, 6.45) is 6.22. The molecule has 1 heterocycles. The Balaban J connectivity index is 0.00000180. The fraction of sp³-hybridized carbons (Fsp3) is 0.571. The van der Waals surface area contributed by atoms with Gasteiger partial charge in [-0.3, -0.25) is 9.78 Å². The lowest BCUT2D eigenvalue weighted by molar-refractivity contribution is 0.0923. The van der Waals surface area contributed by atoms with E-state index < -0.39 is 0 Å². The largest absolute Gasteiger partial charge is 0.349 e. The molecule has 0 radical (unpaired) electrons. The van der Waals surface area contributed by atoms with E-state index in [4.69, 9.17) is 5.73 Å². The number of nitrogens with two attached hydrogens (primary N) is 1. The molecule has 1 aliphatic carbocycles. The standard InChI is InChI=1S/C14H21N3O.ClH/c1-10-2-4-12(5-3-10)17-14(18)11-6-7-16-13(8-11)9-15;/h6-8,10,12H,2-5,9,15H2,1H3,(H,17,18);1H. The van der Waals surface area contributed by atoms with Gasteiger partial charge < -0.3 is 11.1 Å². The molecule has 0 spiro atoms. The van der Waals surface area contributed by atoms with Crippen LogP contribution in [-0.4, -0.2) is 16.9 Å². The number of nitrogens with zero attached hydrogens (tertiary/aromatic N) is 1. The maximum absolute atomic E-state index is 12.1. The lowest BCUT2D eigenvalue weighted by Crippen LogP contribution is -2.37. The SMILES string of the molecule is CC1CCC(NC(=O)c2ccnc(CN)c2)CC1.Cl. The van der Waals surface area contributed by atoms with E-state index in [1.165, 1.54) is 12.8 Å². The van der Waals surface area contributed by atoms with E-state index in [1.54, 1.807) is 18.3 Å². The molecule has 106 valence electrons. The quantitative estimate of drug-likeness (QED) is 0.894. The fourth-order valence-corrected chi connectivity index (χ4v) is 2.40. The Labute approximate surface area is 120 Å². The fourth-order valence-electron chi connectivity index (χ4n) is 2.40. The number of hydrogen-bond acceptors (Lipinski definition) is 3. The zero-order valence-corrected chi connectivity index (χ0v) is 12.1. The molecule has 19 heavy (non-hydrogen) atoms. The lowest BCUT2D eigenvalue weighted by Gasteiger charge is -2.26. The van der Waals surface area contributed by atoms with Gasteiger partial charge in [-0.15, -0.1) is 12.4 Å². The number of carbonyl (C=O) groups is 1. The van der Waals surface area contributed by atoms with Crippen molar-refractivity contribution in [2.24, 2.45) is 11.7 Å². The van der Waals surface area contributed by atoms with E-state index in [0.717, 1.165) is 24.5 Å². The summed E-state index contributed by atoms with van der Waals surface area (Å²) < 4.78 is 0. The van der Waals surface area contributed by atoms with Crippen molar-refractivity contribution >= 4 is 18.3 Å². The second-order valence-electron chi connectivity index (χ2n) is 5.17. The Kier molecular flexibility index (Phi) is 6.25. The van der Waals surface area contributed by atoms with Gasteiger partial charge in [-0.1, -0.05) is 6.92 Å². The van der Waals surface area contributed by atoms with Gasteiger partial charge >= 0.3 is 0 Å². The molecule has 1 saturated carbocycles. The van der Waals surface area contributed by atoms with Gasteiger partial charge in [-0.2, -0.15) is 0 Å². The minimum absolute atomic E-state index is 0. The maximum atomic E-state index is 12.1. The molecule has 1 fully saturated rings. The number of aromatic nitrogens is 1. The summed E-state index contributed by atoms with van der Waals surface area (Å²) in [4.78, 5) is 16.2. The van der Waals surface area contributed by atoms with Crippen molar-refractivity contribution in [2.75, 3.05) is 0 Å². The van der Waals surface area contributed by atoms with Crippen LogP contribution in [0.25, 0.3) is 0 Å². The minimum atomic E-state index is -0.00773.